The molecule has 0 amide bonds. The highest BCUT2D eigenvalue weighted by Crippen LogP contribution is 2.61. The quantitative estimate of drug-likeness (QED) is 0.563. The van der Waals surface area contributed by atoms with Crippen molar-refractivity contribution in [2.45, 2.75) is 46.1 Å². The minimum atomic E-state index is -1.07. The number of allylic oxidation sites excluding steroid dienone is 1. The summed E-state index contributed by atoms with van der Waals surface area (Å²) in [4.78, 5) is 12.0. The van der Waals surface area contributed by atoms with Crippen molar-refractivity contribution in [3.05, 3.63) is 11.6 Å². The van der Waals surface area contributed by atoms with Gasteiger partial charge in [0.05, 0.1) is 18.1 Å². The van der Waals surface area contributed by atoms with E-state index in [9.17, 15) is 9.90 Å². The molecule has 0 unspecified atom stereocenters. The van der Waals surface area contributed by atoms with Crippen LogP contribution in [0.25, 0.3) is 0 Å². The lowest BCUT2D eigenvalue weighted by Gasteiger charge is -2.58. The van der Waals surface area contributed by atoms with Crippen molar-refractivity contribution in [3.8, 4) is 0 Å². The van der Waals surface area contributed by atoms with Gasteiger partial charge in [0.1, 0.15) is 0 Å². The van der Waals surface area contributed by atoms with Crippen molar-refractivity contribution < 1.29 is 14.6 Å². The van der Waals surface area contributed by atoms with Gasteiger partial charge in [-0.05, 0) is 38.0 Å². The van der Waals surface area contributed by atoms with Crippen molar-refractivity contribution in [3.63, 3.8) is 0 Å². The number of hydrogen-bond donors (Lipinski definition) is 1. The van der Waals surface area contributed by atoms with Gasteiger partial charge in [0.2, 0.25) is 0 Å². The average Bonchev–Trinajstić information content (AvgIpc) is 2.19. The van der Waals surface area contributed by atoms with Crippen LogP contribution in [0.5, 0.6) is 0 Å². The minimum absolute atomic E-state index is 0.0428. The van der Waals surface area contributed by atoms with E-state index in [1.165, 1.54) is 12.7 Å². The fourth-order valence-electron chi connectivity index (χ4n) is 3.82. The van der Waals surface area contributed by atoms with Crippen LogP contribution >= 0.6 is 0 Å². The predicted octanol–water partition coefficient (Wildman–Crippen LogP) is 2.29. The largest absolute Gasteiger partial charge is 0.469 e. The first-order chi connectivity index (χ1) is 7.66. The molecule has 0 aromatic heterocycles. The molecule has 0 radical (unpaired) electrons. The fourth-order valence-corrected chi connectivity index (χ4v) is 3.82. The van der Waals surface area contributed by atoms with E-state index in [0.29, 0.717) is 18.8 Å². The molecule has 3 nitrogen and oxygen atoms in total. The second-order valence-electron chi connectivity index (χ2n) is 6.56. The number of carbonyl (C=O) groups is 1. The highest BCUT2D eigenvalue weighted by molar-refractivity contribution is 5.79. The normalized spacial score (nSPS) is 43.2. The van der Waals surface area contributed by atoms with Gasteiger partial charge in [0.25, 0.3) is 0 Å². The van der Waals surface area contributed by atoms with Crippen LogP contribution < -0.4 is 0 Å². The Morgan fingerprint density at radius 1 is 1.47 bits per heavy atom. The molecule has 0 heterocycles. The molecule has 1 saturated carbocycles. The molecule has 0 aromatic carbocycles. The molecule has 0 saturated heterocycles. The summed E-state index contributed by atoms with van der Waals surface area (Å²) in [5.74, 6) is 0.0462. The van der Waals surface area contributed by atoms with E-state index < -0.39 is 11.0 Å². The third kappa shape index (κ3) is 1.48. The van der Waals surface area contributed by atoms with Gasteiger partial charge in [0.15, 0.2) is 0 Å². The summed E-state index contributed by atoms with van der Waals surface area (Å²) in [5.41, 5.74) is -0.629. The van der Waals surface area contributed by atoms with E-state index >= 15 is 0 Å². The Hall–Kier alpha value is -0.830. The number of hydrogen-bond acceptors (Lipinski definition) is 3. The summed E-state index contributed by atoms with van der Waals surface area (Å²) >= 11 is 0. The van der Waals surface area contributed by atoms with Gasteiger partial charge in [-0.2, -0.15) is 0 Å². The van der Waals surface area contributed by atoms with Gasteiger partial charge in [-0.1, -0.05) is 25.5 Å². The van der Waals surface area contributed by atoms with Crippen LogP contribution in [0.3, 0.4) is 0 Å². The minimum Gasteiger partial charge on any atom is -0.469 e. The molecular formula is C14H22O3. The number of carbonyl (C=O) groups excluding carboxylic acids is 1. The van der Waals surface area contributed by atoms with E-state index in [1.807, 2.05) is 19.9 Å². The summed E-state index contributed by atoms with van der Waals surface area (Å²) in [6.07, 6.45) is 3.17. The number of ether oxygens (including phenoxy) is 1. The molecule has 1 fully saturated rings. The first-order valence-electron chi connectivity index (χ1n) is 6.16. The Kier molecular flexibility index (Phi) is 2.48. The van der Waals surface area contributed by atoms with Crippen LogP contribution in [0.4, 0.5) is 0 Å². The van der Waals surface area contributed by atoms with Crippen molar-refractivity contribution in [1.82, 2.24) is 0 Å². The summed E-state index contributed by atoms with van der Waals surface area (Å²) in [6, 6.07) is 0. The Bertz CT molecular complexity index is 396. The Labute approximate surface area is 103 Å². The maximum Gasteiger partial charge on any atom is 0.314 e. The lowest BCUT2D eigenvalue weighted by Crippen LogP contribution is -2.62. The Morgan fingerprint density at radius 2 is 2.06 bits per heavy atom. The molecule has 0 aliphatic heterocycles. The number of rotatable bonds is 1. The third-order valence-corrected chi connectivity index (χ3v) is 4.89. The van der Waals surface area contributed by atoms with Crippen molar-refractivity contribution in [2.24, 2.45) is 16.7 Å². The number of fused-ring (bicyclic) bond motifs is 2. The molecule has 3 aliphatic rings. The van der Waals surface area contributed by atoms with E-state index in [2.05, 4.69) is 13.8 Å². The average molecular weight is 238 g/mol. The molecular weight excluding hydrogens is 216 g/mol. The predicted molar refractivity (Wildman–Crippen MR) is 65.3 cm³/mol. The Balaban J connectivity index is 2.51. The summed E-state index contributed by atoms with van der Waals surface area (Å²) in [5, 5.41) is 10.9. The van der Waals surface area contributed by atoms with E-state index in [0.717, 1.165) is 0 Å². The van der Waals surface area contributed by atoms with Gasteiger partial charge in [0, 0.05) is 0 Å². The third-order valence-electron chi connectivity index (χ3n) is 4.89. The van der Waals surface area contributed by atoms with Crippen molar-refractivity contribution >= 4 is 5.97 Å². The monoisotopic (exact) mass is 238 g/mol. The summed E-state index contributed by atoms with van der Waals surface area (Å²) in [6.45, 7) is 8.20. The summed E-state index contributed by atoms with van der Waals surface area (Å²) in [7, 11) is 1.39. The fraction of sp³-hybridized carbons (Fsp3) is 0.786. The topological polar surface area (TPSA) is 46.5 Å². The van der Waals surface area contributed by atoms with E-state index in [-0.39, 0.29) is 11.4 Å². The molecule has 3 rings (SSSR count). The molecule has 2 bridgehead atoms. The lowest BCUT2D eigenvalue weighted by atomic mass is 9.47. The Morgan fingerprint density at radius 3 is 2.47 bits per heavy atom. The zero-order valence-corrected chi connectivity index (χ0v) is 11.3. The van der Waals surface area contributed by atoms with Gasteiger partial charge in [-0.25, -0.2) is 0 Å². The maximum absolute atomic E-state index is 12.0. The number of aliphatic hydroxyl groups is 1. The number of methoxy groups -OCH3 is 1. The van der Waals surface area contributed by atoms with E-state index in [1.54, 1.807) is 0 Å². The second kappa shape index (κ2) is 3.35. The standard InChI is InChI=1S/C14H22O3/c1-9-6-14(16)8-12(2,3)10(9)7-13(14,4)11(15)17-5/h6,10,16H,7-8H2,1-5H3/t10-,13+,14-/m1/s1. The van der Waals surface area contributed by atoms with E-state index in [4.69, 9.17) is 4.74 Å². The first kappa shape index (κ1) is 12.6. The smallest absolute Gasteiger partial charge is 0.314 e. The molecule has 0 spiro atoms. The molecule has 3 aliphatic carbocycles. The first-order valence-corrected chi connectivity index (χ1v) is 6.16. The van der Waals surface area contributed by atoms with Gasteiger partial charge >= 0.3 is 5.97 Å². The zero-order valence-electron chi connectivity index (χ0n) is 11.3. The highest BCUT2D eigenvalue weighted by atomic mass is 16.5. The second-order valence-corrected chi connectivity index (χ2v) is 6.56. The molecule has 1 N–H and O–H groups in total. The van der Waals surface area contributed by atoms with Gasteiger partial charge in [-0.3, -0.25) is 4.79 Å². The zero-order chi connectivity index (χ0) is 13.1. The molecule has 0 aromatic rings. The van der Waals surface area contributed by atoms with Crippen LogP contribution in [0.2, 0.25) is 0 Å². The SMILES string of the molecule is COC(=O)[C@]1(C)C[C@@H]2C(C)=C[C@@]1(O)CC2(C)C. The van der Waals surface area contributed by atoms with Crippen LogP contribution in [-0.2, 0) is 9.53 Å². The lowest BCUT2D eigenvalue weighted by molar-refractivity contribution is -0.185. The van der Waals surface area contributed by atoms with Crippen LogP contribution in [0.1, 0.15) is 40.5 Å². The van der Waals surface area contributed by atoms with Crippen molar-refractivity contribution in [2.75, 3.05) is 7.11 Å². The molecule has 3 atom stereocenters. The van der Waals surface area contributed by atoms with Crippen LogP contribution in [0, 0.1) is 16.7 Å². The van der Waals surface area contributed by atoms with Gasteiger partial charge in [-0.15, -0.1) is 0 Å². The molecule has 17 heavy (non-hydrogen) atoms. The highest BCUT2D eigenvalue weighted by Gasteiger charge is 2.63. The number of esters is 1. The van der Waals surface area contributed by atoms with Gasteiger partial charge < -0.3 is 9.84 Å². The maximum atomic E-state index is 12.0. The van der Waals surface area contributed by atoms with Crippen LogP contribution in [0.15, 0.2) is 11.6 Å². The molecule has 96 valence electrons. The van der Waals surface area contributed by atoms with Crippen LogP contribution in [-0.4, -0.2) is 23.8 Å². The van der Waals surface area contributed by atoms with Crippen molar-refractivity contribution in [1.29, 1.82) is 0 Å². The molecule has 3 heteroatoms. The summed E-state index contributed by atoms with van der Waals surface area (Å²) < 4.78 is 4.89.